The van der Waals surface area contributed by atoms with Crippen LogP contribution in [0, 0.1) is 0 Å². The first-order chi connectivity index (χ1) is 6.72. The maximum atomic E-state index is 10.5. The molecule has 1 heterocycles. The van der Waals surface area contributed by atoms with Crippen LogP contribution in [0.5, 0.6) is 0 Å². The van der Waals surface area contributed by atoms with E-state index in [1.807, 2.05) is 6.07 Å². The molecule has 0 spiro atoms. The highest BCUT2D eigenvalue weighted by molar-refractivity contribution is 9.10. The largest absolute Gasteiger partial charge is 0.374 e. The van der Waals surface area contributed by atoms with Crippen molar-refractivity contribution in [2.24, 2.45) is 0 Å². The molecule has 2 nitrogen and oxygen atoms in total. The smallest absolute Gasteiger partial charge is 0.120 e. The lowest BCUT2D eigenvalue weighted by Gasteiger charge is -2.11. The Hall–Kier alpha value is -0.830. The van der Waals surface area contributed by atoms with Crippen molar-refractivity contribution in [2.75, 3.05) is 18.5 Å². The summed E-state index contributed by atoms with van der Waals surface area (Å²) in [5, 5.41) is 0. The number of hydrogen-bond donors (Lipinski definition) is 0. The molecule has 3 heteroatoms. The number of fused-ring (bicyclic) bond motifs is 1. The van der Waals surface area contributed by atoms with Crippen LogP contribution in [0.4, 0.5) is 5.69 Å². The minimum atomic E-state index is 0.366. The van der Waals surface area contributed by atoms with E-state index < -0.39 is 0 Å². The van der Waals surface area contributed by atoms with Gasteiger partial charge in [-0.25, -0.2) is 0 Å². The summed E-state index contributed by atoms with van der Waals surface area (Å²) in [7, 11) is 2.07. The Balaban J connectivity index is 2.40. The molecule has 1 aliphatic heterocycles. The van der Waals surface area contributed by atoms with E-state index in [-0.39, 0.29) is 0 Å². The highest BCUT2D eigenvalue weighted by Crippen LogP contribution is 2.38. The van der Waals surface area contributed by atoms with Crippen LogP contribution < -0.4 is 4.90 Å². The molecule has 1 aliphatic rings. The van der Waals surface area contributed by atoms with Crippen molar-refractivity contribution in [1.82, 2.24) is 0 Å². The maximum Gasteiger partial charge on any atom is 0.120 e. The zero-order valence-electron chi connectivity index (χ0n) is 8.03. The van der Waals surface area contributed by atoms with Crippen LogP contribution in [-0.2, 0) is 4.79 Å². The topological polar surface area (TPSA) is 20.3 Å². The van der Waals surface area contributed by atoms with Gasteiger partial charge in [0.25, 0.3) is 0 Å². The third-order valence-electron chi connectivity index (χ3n) is 2.72. The quantitative estimate of drug-likeness (QED) is 0.756. The van der Waals surface area contributed by atoms with Gasteiger partial charge in [-0.2, -0.15) is 0 Å². The van der Waals surface area contributed by atoms with E-state index in [9.17, 15) is 4.79 Å². The van der Waals surface area contributed by atoms with E-state index in [4.69, 9.17) is 0 Å². The molecule has 2 rings (SSSR count). The van der Waals surface area contributed by atoms with Gasteiger partial charge in [0.15, 0.2) is 0 Å². The lowest BCUT2D eigenvalue weighted by Crippen LogP contribution is -2.15. The molecule has 1 atom stereocenters. The Morgan fingerprint density at radius 2 is 2.43 bits per heavy atom. The number of carbonyl (C=O) groups is 1. The molecule has 14 heavy (non-hydrogen) atoms. The molecule has 0 radical (unpaired) electrons. The molecule has 1 unspecified atom stereocenters. The number of hydrogen-bond acceptors (Lipinski definition) is 2. The average Bonchev–Trinajstić information content (AvgIpc) is 2.44. The predicted molar refractivity (Wildman–Crippen MR) is 60.8 cm³/mol. The Bertz CT molecular complexity index is 364. The van der Waals surface area contributed by atoms with E-state index in [2.05, 4.69) is 40.0 Å². The van der Waals surface area contributed by atoms with Gasteiger partial charge in [0.1, 0.15) is 6.29 Å². The molecule has 0 saturated carbocycles. The second-order valence-corrected chi connectivity index (χ2v) is 4.60. The van der Waals surface area contributed by atoms with Crippen molar-refractivity contribution in [2.45, 2.75) is 12.3 Å². The Kier molecular flexibility index (Phi) is 2.59. The van der Waals surface area contributed by atoms with Gasteiger partial charge in [-0.15, -0.1) is 0 Å². The Labute approximate surface area is 92.0 Å². The predicted octanol–water partition coefficient (Wildman–Crippen LogP) is 2.57. The van der Waals surface area contributed by atoms with Crippen LogP contribution in [0.25, 0.3) is 0 Å². The van der Waals surface area contributed by atoms with Gasteiger partial charge < -0.3 is 9.69 Å². The summed E-state index contributed by atoms with van der Waals surface area (Å²) in [4.78, 5) is 12.7. The lowest BCUT2D eigenvalue weighted by atomic mass is 9.99. The molecule has 0 amide bonds. The van der Waals surface area contributed by atoms with Crippen LogP contribution in [0.1, 0.15) is 17.9 Å². The van der Waals surface area contributed by atoms with Gasteiger partial charge in [-0.3, -0.25) is 0 Å². The highest BCUT2D eigenvalue weighted by Gasteiger charge is 2.25. The molecule has 0 aliphatic carbocycles. The maximum absolute atomic E-state index is 10.5. The third kappa shape index (κ3) is 1.57. The number of halogens is 1. The van der Waals surface area contributed by atoms with Gasteiger partial charge in [0, 0.05) is 36.1 Å². The molecule has 0 bridgehead atoms. The fourth-order valence-electron chi connectivity index (χ4n) is 2.04. The van der Waals surface area contributed by atoms with Crippen molar-refractivity contribution in [1.29, 1.82) is 0 Å². The zero-order valence-corrected chi connectivity index (χ0v) is 9.62. The average molecular weight is 254 g/mol. The molecule has 74 valence electrons. The molecular formula is C11H12BrNO. The molecular weight excluding hydrogens is 242 g/mol. The van der Waals surface area contributed by atoms with Crippen LogP contribution in [0.3, 0.4) is 0 Å². The lowest BCUT2D eigenvalue weighted by molar-refractivity contribution is -0.108. The zero-order chi connectivity index (χ0) is 10.1. The van der Waals surface area contributed by atoms with Crippen LogP contribution in [0.15, 0.2) is 22.7 Å². The number of anilines is 1. The third-order valence-corrected chi connectivity index (χ3v) is 3.21. The molecule has 0 N–H and O–H groups in total. The molecule has 1 aromatic rings. The Morgan fingerprint density at radius 1 is 1.64 bits per heavy atom. The molecule has 1 aromatic carbocycles. The fraction of sp³-hybridized carbons (Fsp3) is 0.364. The van der Waals surface area contributed by atoms with Crippen molar-refractivity contribution in [3.8, 4) is 0 Å². The number of nitrogens with zero attached hydrogens (tertiary/aromatic N) is 1. The number of likely N-dealkylation sites (N-methyl/N-ethyl adjacent to an activating group) is 1. The summed E-state index contributed by atoms with van der Waals surface area (Å²) in [6.07, 6.45) is 1.63. The van der Waals surface area contributed by atoms with Crippen molar-refractivity contribution in [3.05, 3.63) is 28.2 Å². The van der Waals surface area contributed by atoms with E-state index in [0.29, 0.717) is 12.3 Å². The van der Waals surface area contributed by atoms with Crippen molar-refractivity contribution < 1.29 is 4.79 Å². The summed E-state index contributed by atoms with van der Waals surface area (Å²) in [5.74, 6) is 0.366. The minimum absolute atomic E-state index is 0.366. The first kappa shape index (κ1) is 9.71. The second-order valence-electron chi connectivity index (χ2n) is 3.68. The summed E-state index contributed by atoms with van der Waals surface area (Å²) in [6.45, 7) is 0.949. The van der Waals surface area contributed by atoms with Gasteiger partial charge >= 0.3 is 0 Å². The standard InChI is InChI=1S/C11H12BrNO/c1-13-7-8(4-5-14)10-6-9(12)2-3-11(10)13/h2-3,5-6,8H,4,7H2,1H3. The fourth-order valence-corrected chi connectivity index (χ4v) is 2.42. The summed E-state index contributed by atoms with van der Waals surface area (Å²) in [5.41, 5.74) is 2.54. The normalized spacial score (nSPS) is 19.6. The summed E-state index contributed by atoms with van der Waals surface area (Å²) < 4.78 is 1.09. The number of benzene rings is 1. The minimum Gasteiger partial charge on any atom is -0.374 e. The van der Waals surface area contributed by atoms with E-state index >= 15 is 0 Å². The van der Waals surface area contributed by atoms with Gasteiger partial charge in [-0.1, -0.05) is 15.9 Å². The van der Waals surface area contributed by atoms with Gasteiger partial charge in [-0.05, 0) is 23.8 Å². The van der Waals surface area contributed by atoms with Crippen LogP contribution >= 0.6 is 15.9 Å². The molecule has 0 aromatic heterocycles. The number of aldehydes is 1. The van der Waals surface area contributed by atoms with Crippen molar-refractivity contribution >= 4 is 27.9 Å². The van der Waals surface area contributed by atoms with Gasteiger partial charge in [0.05, 0.1) is 0 Å². The summed E-state index contributed by atoms with van der Waals surface area (Å²) in [6, 6.07) is 6.26. The molecule has 0 saturated heterocycles. The van der Waals surface area contributed by atoms with E-state index in [1.165, 1.54) is 11.3 Å². The van der Waals surface area contributed by atoms with E-state index in [1.54, 1.807) is 0 Å². The SMILES string of the molecule is CN1CC(CC=O)c2cc(Br)ccc21. The van der Waals surface area contributed by atoms with Crippen molar-refractivity contribution in [3.63, 3.8) is 0 Å². The van der Waals surface area contributed by atoms with E-state index in [0.717, 1.165) is 17.3 Å². The first-order valence-corrected chi connectivity index (χ1v) is 5.46. The second kappa shape index (κ2) is 3.73. The highest BCUT2D eigenvalue weighted by atomic mass is 79.9. The Morgan fingerprint density at radius 3 is 3.14 bits per heavy atom. The number of rotatable bonds is 2. The van der Waals surface area contributed by atoms with Crippen LogP contribution in [-0.4, -0.2) is 19.9 Å². The summed E-state index contributed by atoms with van der Waals surface area (Å²) >= 11 is 3.46. The first-order valence-electron chi connectivity index (χ1n) is 4.66. The monoisotopic (exact) mass is 253 g/mol. The number of carbonyl (C=O) groups excluding carboxylic acids is 1. The molecule has 0 fully saturated rings. The van der Waals surface area contributed by atoms with Gasteiger partial charge in [0.2, 0.25) is 0 Å². The van der Waals surface area contributed by atoms with Crippen LogP contribution in [0.2, 0.25) is 0 Å².